The van der Waals surface area contributed by atoms with E-state index in [0.717, 1.165) is 11.1 Å². The molecule has 1 atom stereocenters. The van der Waals surface area contributed by atoms with Gasteiger partial charge in [-0.1, -0.05) is 35.9 Å². The highest BCUT2D eigenvalue weighted by Crippen LogP contribution is 2.28. The number of carbonyl (C=O) groups excluding carboxylic acids is 1. The van der Waals surface area contributed by atoms with Gasteiger partial charge in [-0.2, -0.15) is 0 Å². The van der Waals surface area contributed by atoms with Gasteiger partial charge < -0.3 is 24.6 Å². The number of hydrogen-bond donors (Lipinski definition) is 2. The molecule has 0 radical (unpaired) electrons. The molecule has 26 heavy (non-hydrogen) atoms. The van der Waals surface area contributed by atoms with Crippen LogP contribution in [-0.4, -0.2) is 45.0 Å². The van der Waals surface area contributed by atoms with Crippen LogP contribution in [0.25, 0.3) is 0 Å². The Labute approximate surface area is 153 Å². The monoisotopic (exact) mass is 359 g/mol. The zero-order chi connectivity index (χ0) is 18.9. The number of benzene rings is 2. The second-order valence-corrected chi connectivity index (χ2v) is 5.74. The van der Waals surface area contributed by atoms with E-state index in [0.29, 0.717) is 17.1 Å². The molecule has 140 valence electrons. The number of aliphatic hydroxyl groups excluding tert-OH is 1. The van der Waals surface area contributed by atoms with Gasteiger partial charge in [0.2, 0.25) is 0 Å². The summed E-state index contributed by atoms with van der Waals surface area (Å²) in [5.41, 5.74) is 2.40. The minimum Gasteiger partial charge on any atom is -0.496 e. The van der Waals surface area contributed by atoms with Gasteiger partial charge in [0.15, 0.2) is 0 Å². The maximum atomic E-state index is 12.7. The molecule has 0 aliphatic heterocycles. The van der Waals surface area contributed by atoms with E-state index in [1.165, 1.54) is 14.2 Å². The summed E-state index contributed by atoms with van der Waals surface area (Å²) in [6.07, 6.45) is -0.368. The van der Waals surface area contributed by atoms with Crippen molar-refractivity contribution in [3.8, 4) is 11.5 Å². The Kier molecular flexibility index (Phi) is 7.44. The maximum absolute atomic E-state index is 12.7. The highest BCUT2D eigenvalue weighted by molar-refractivity contribution is 5.99. The number of aliphatic hydroxyl groups is 1. The molecule has 0 saturated heterocycles. The smallest absolute Gasteiger partial charge is 0.258 e. The Bertz CT molecular complexity index is 692. The van der Waals surface area contributed by atoms with Crippen molar-refractivity contribution in [2.45, 2.75) is 13.0 Å². The maximum Gasteiger partial charge on any atom is 0.258 e. The van der Waals surface area contributed by atoms with E-state index >= 15 is 0 Å². The van der Waals surface area contributed by atoms with Gasteiger partial charge in [-0.05, 0) is 24.6 Å². The van der Waals surface area contributed by atoms with E-state index in [-0.39, 0.29) is 31.8 Å². The van der Waals surface area contributed by atoms with Crippen LogP contribution in [0.3, 0.4) is 0 Å². The van der Waals surface area contributed by atoms with Crippen LogP contribution in [0, 0.1) is 6.92 Å². The summed E-state index contributed by atoms with van der Waals surface area (Å²) in [5.74, 6) is 0.555. The predicted octanol–water partition coefficient (Wildman–Crippen LogP) is 2.49. The van der Waals surface area contributed by atoms with E-state index in [1.807, 2.05) is 31.2 Å². The number of carbonyl (C=O) groups is 1. The largest absolute Gasteiger partial charge is 0.496 e. The van der Waals surface area contributed by atoms with Gasteiger partial charge in [0.05, 0.1) is 33.5 Å². The van der Waals surface area contributed by atoms with Gasteiger partial charge in [-0.15, -0.1) is 0 Å². The number of methoxy groups -OCH3 is 2. The van der Waals surface area contributed by atoms with Crippen molar-refractivity contribution in [1.82, 2.24) is 5.32 Å². The first-order valence-corrected chi connectivity index (χ1v) is 8.39. The highest BCUT2D eigenvalue weighted by atomic mass is 16.5. The molecule has 0 bridgehead atoms. The molecule has 1 unspecified atom stereocenters. The van der Waals surface area contributed by atoms with Crippen LogP contribution in [0.1, 0.15) is 27.6 Å². The van der Waals surface area contributed by atoms with Crippen molar-refractivity contribution < 1.29 is 24.1 Å². The van der Waals surface area contributed by atoms with Gasteiger partial charge in [0, 0.05) is 6.54 Å². The summed E-state index contributed by atoms with van der Waals surface area (Å²) < 4.78 is 16.2. The van der Waals surface area contributed by atoms with Crippen molar-refractivity contribution in [3.05, 3.63) is 59.2 Å². The van der Waals surface area contributed by atoms with E-state index in [1.54, 1.807) is 18.2 Å². The van der Waals surface area contributed by atoms with Crippen LogP contribution in [-0.2, 0) is 4.74 Å². The van der Waals surface area contributed by atoms with Crippen LogP contribution in [0.4, 0.5) is 0 Å². The molecule has 2 aromatic carbocycles. The van der Waals surface area contributed by atoms with Crippen LogP contribution in [0.2, 0.25) is 0 Å². The van der Waals surface area contributed by atoms with Crippen molar-refractivity contribution in [3.63, 3.8) is 0 Å². The molecule has 0 aliphatic carbocycles. The molecule has 2 aromatic rings. The lowest BCUT2D eigenvalue weighted by Gasteiger charge is -2.20. The molecule has 0 spiro atoms. The molecule has 1 amide bonds. The molecule has 0 aliphatic rings. The van der Waals surface area contributed by atoms with Gasteiger partial charge >= 0.3 is 0 Å². The zero-order valence-corrected chi connectivity index (χ0v) is 15.3. The van der Waals surface area contributed by atoms with Crippen LogP contribution < -0.4 is 14.8 Å². The fourth-order valence-corrected chi connectivity index (χ4v) is 2.60. The molecule has 6 heteroatoms. The molecule has 0 fully saturated rings. The lowest BCUT2D eigenvalue weighted by molar-refractivity contribution is 0.0277. The first-order chi connectivity index (χ1) is 12.6. The second-order valence-electron chi connectivity index (χ2n) is 5.74. The van der Waals surface area contributed by atoms with Gasteiger partial charge in [0.1, 0.15) is 17.1 Å². The topological polar surface area (TPSA) is 77.0 Å². The molecular weight excluding hydrogens is 334 g/mol. The van der Waals surface area contributed by atoms with Crippen molar-refractivity contribution in [2.75, 3.05) is 34.0 Å². The average Bonchev–Trinajstić information content (AvgIpc) is 2.68. The van der Waals surface area contributed by atoms with Crippen LogP contribution in [0.5, 0.6) is 11.5 Å². The third-order valence-corrected chi connectivity index (χ3v) is 3.96. The van der Waals surface area contributed by atoms with Crippen molar-refractivity contribution in [1.29, 1.82) is 0 Å². The van der Waals surface area contributed by atoms with E-state index in [4.69, 9.17) is 19.3 Å². The van der Waals surface area contributed by atoms with Crippen molar-refractivity contribution in [2.24, 2.45) is 0 Å². The molecular formula is C20H25NO5. The predicted molar refractivity (Wildman–Crippen MR) is 98.8 cm³/mol. The summed E-state index contributed by atoms with van der Waals surface area (Å²) in [6, 6.07) is 13.0. The van der Waals surface area contributed by atoms with Crippen LogP contribution in [0.15, 0.2) is 42.5 Å². The number of hydrogen-bond acceptors (Lipinski definition) is 5. The summed E-state index contributed by atoms with van der Waals surface area (Å²) >= 11 is 0. The fraction of sp³-hybridized carbons (Fsp3) is 0.350. The number of rotatable bonds is 9. The first kappa shape index (κ1) is 19.8. The summed E-state index contributed by atoms with van der Waals surface area (Å²) in [5, 5.41) is 11.9. The highest BCUT2D eigenvalue weighted by Gasteiger charge is 2.20. The summed E-state index contributed by atoms with van der Waals surface area (Å²) in [4.78, 5) is 12.7. The average molecular weight is 359 g/mol. The SMILES string of the molecule is COc1cccc(OC)c1C(=O)NCC(OCCO)c1ccc(C)cc1. The number of amides is 1. The Morgan fingerprint density at radius 1 is 1.08 bits per heavy atom. The lowest BCUT2D eigenvalue weighted by Crippen LogP contribution is -2.30. The summed E-state index contributed by atoms with van der Waals surface area (Å²) in [6.45, 7) is 2.36. The molecule has 0 saturated carbocycles. The Hall–Kier alpha value is -2.57. The molecule has 0 aromatic heterocycles. The quantitative estimate of drug-likeness (QED) is 0.719. The second kappa shape index (κ2) is 9.79. The number of ether oxygens (including phenoxy) is 3. The lowest BCUT2D eigenvalue weighted by atomic mass is 10.1. The van der Waals surface area contributed by atoms with Crippen molar-refractivity contribution >= 4 is 5.91 Å². The Morgan fingerprint density at radius 3 is 2.23 bits per heavy atom. The fourth-order valence-electron chi connectivity index (χ4n) is 2.60. The van der Waals surface area contributed by atoms with Gasteiger partial charge in [-0.25, -0.2) is 0 Å². The third kappa shape index (κ3) is 4.97. The Balaban J connectivity index is 2.15. The van der Waals surface area contributed by atoms with E-state index in [2.05, 4.69) is 5.32 Å². The first-order valence-electron chi connectivity index (χ1n) is 8.39. The summed E-state index contributed by atoms with van der Waals surface area (Å²) in [7, 11) is 3.01. The number of aryl methyl sites for hydroxylation is 1. The zero-order valence-electron chi connectivity index (χ0n) is 15.3. The minimum absolute atomic E-state index is 0.0867. The van der Waals surface area contributed by atoms with E-state index in [9.17, 15) is 4.79 Å². The van der Waals surface area contributed by atoms with E-state index < -0.39 is 0 Å². The minimum atomic E-state index is -0.368. The van der Waals surface area contributed by atoms with Crippen LogP contribution >= 0.6 is 0 Å². The normalized spacial score (nSPS) is 11.7. The van der Waals surface area contributed by atoms with Gasteiger partial charge in [0.25, 0.3) is 5.91 Å². The molecule has 2 N–H and O–H groups in total. The van der Waals surface area contributed by atoms with Gasteiger partial charge in [-0.3, -0.25) is 4.79 Å². The number of nitrogens with one attached hydrogen (secondary N) is 1. The molecule has 6 nitrogen and oxygen atoms in total. The molecule has 2 rings (SSSR count). The third-order valence-electron chi connectivity index (χ3n) is 3.96. The molecule has 0 heterocycles. The standard InChI is InChI=1S/C20H25NO5/c1-14-7-9-15(10-8-14)18(26-12-11-22)13-21-20(23)19-16(24-2)5-4-6-17(19)25-3/h4-10,18,22H,11-13H2,1-3H3,(H,21,23). The Morgan fingerprint density at radius 2 is 1.69 bits per heavy atom.